The Bertz CT molecular complexity index is 587. The van der Waals surface area contributed by atoms with Gasteiger partial charge in [-0.1, -0.05) is 36.4 Å². The van der Waals surface area contributed by atoms with Crippen LogP contribution in [0.15, 0.2) is 48.5 Å². The predicted molar refractivity (Wildman–Crippen MR) is 70.2 cm³/mol. The summed E-state index contributed by atoms with van der Waals surface area (Å²) in [4.78, 5) is 0. The van der Waals surface area contributed by atoms with Gasteiger partial charge in [0, 0.05) is 11.3 Å². The molecule has 0 unspecified atom stereocenters. The van der Waals surface area contributed by atoms with Gasteiger partial charge in [-0.15, -0.1) is 0 Å². The third-order valence-electron chi connectivity index (χ3n) is 2.37. The molecule has 2 rings (SSSR count). The first kappa shape index (κ1) is 11.5. The maximum absolute atomic E-state index is 10.7. The quantitative estimate of drug-likeness (QED) is 0.573. The largest absolute Gasteiger partial charge is 0.398 e. The molecule has 0 spiro atoms. The average molecular weight is 248 g/mol. The molecule has 0 bridgehead atoms. The van der Waals surface area contributed by atoms with Crippen LogP contribution in [0.2, 0.25) is 0 Å². The topological polar surface area (TPSA) is 72.2 Å². The van der Waals surface area contributed by atoms with E-state index in [1.165, 1.54) is 0 Å². The zero-order valence-electron chi connectivity index (χ0n) is 8.96. The minimum atomic E-state index is -2.70. The highest BCUT2D eigenvalue weighted by atomic mass is 32.2. The fourth-order valence-corrected chi connectivity index (χ4v) is 2.07. The summed E-state index contributed by atoms with van der Waals surface area (Å²) < 4.78 is 23.9. The molecule has 0 fully saturated rings. The average Bonchev–Trinajstić information content (AvgIpc) is 2.29. The van der Waals surface area contributed by atoms with Crippen LogP contribution in [0.4, 0.5) is 11.4 Å². The second-order valence-corrected chi connectivity index (χ2v) is 4.24. The summed E-state index contributed by atoms with van der Waals surface area (Å²) in [5.41, 5.74) is 8.51. The summed E-state index contributed by atoms with van der Waals surface area (Å²) >= 11 is 0. The summed E-state index contributed by atoms with van der Waals surface area (Å²) in [6.45, 7) is 0. The molecule has 3 N–H and O–H groups in total. The van der Waals surface area contributed by atoms with Gasteiger partial charge in [0.15, 0.2) is 0 Å². The molecule has 0 aliphatic rings. The minimum Gasteiger partial charge on any atom is -0.398 e. The molecule has 0 aliphatic heterocycles. The van der Waals surface area contributed by atoms with Crippen molar-refractivity contribution in [3.05, 3.63) is 48.5 Å². The van der Waals surface area contributed by atoms with Crippen molar-refractivity contribution in [3.63, 3.8) is 0 Å². The Morgan fingerprint density at radius 2 is 1.65 bits per heavy atom. The van der Waals surface area contributed by atoms with E-state index in [-0.39, 0.29) is 0 Å². The van der Waals surface area contributed by atoms with Gasteiger partial charge in [-0.05, 0) is 17.7 Å². The summed E-state index contributed by atoms with van der Waals surface area (Å²) in [6, 6.07) is 14.6. The van der Waals surface area contributed by atoms with Crippen molar-refractivity contribution >= 4 is 22.3 Å². The van der Waals surface area contributed by atoms with Crippen LogP contribution in [-0.4, -0.2) is 8.42 Å². The lowest BCUT2D eigenvalue weighted by molar-refractivity contribution is 0.619. The van der Waals surface area contributed by atoms with Crippen molar-refractivity contribution in [2.24, 2.45) is 0 Å². The molecule has 5 heteroatoms. The van der Waals surface area contributed by atoms with Crippen LogP contribution in [0.5, 0.6) is 0 Å². The Labute approximate surface area is 101 Å². The van der Waals surface area contributed by atoms with E-state index in [2.05, 4.69) is 4.72 Å². The van der Waals surface area contributed by atoms with E-state index in [4.69, 9.17) is 5.73 Å². The van der Waals surface area contributed by atoms with E-state index in [0.717, 1.165) is 5.56 Å². The van der Waals surface area contributed by atoms with E-state index in [1.807, 2.05) is 30.3 Å². The third kappa shape index (κ3) is 2.57. The number of nitrogens with two attached hydrogens (primary N) is 1. The molecular weight excluding hydrogens is 236 g/mol. The summed E-state index contributed by atoms with van der Waals surface area (Å²) in [5, 5.41) is 0. The molecule has 0 saturated carbocycles. The number of nitrogen functional groups attached to an aromatic ring is 1. The van der Waals surface area contributed by atoms with Crippen molar-refractivity contribution in [1.82, 2.24) is 0 Å². The number of hydrogen-bond acceptors (Lipinski definition) is 3. The van der Waals surface area contributed by atoms with Gasteiger partial charge in [-0.25, -0.2) is 8.42 Å². The van der Waals surface area contributed by atoms with Crippen LogP contribution in [0.1, 0.15) is 0 Å². The molecule has 4 nitrogen and oxygen atoms in total. The Morgan fingerprint density at radius 3 is 2.29 bits per heavy atom. The van der Waals surface area contributed by atoms with Gasteiger partial charge in [-0.3, -0.25) is 4.72 Å². The first-order valence-electron chi connectivity index (χ1n) is 5.03. The van der Waals surface area contributed by atoms with E-state index in [0.29, 0.717) is 16.9 Å². The molecule has 0 radical (unpaired) electrons. The zero-order valence-corrected chi connectivity index (χ0v) is 9.85. The van der Waals surface area contributed by atoms with Crippen LogP contribution >= 0.6 is 0 Å². The number of anilines is 2. The monoisotopic (exact) mass is 248 g/mol. The maximum atomic E-state index is 10.7. The molecule has 17 heavy (non-hydrogen) atoms. The van der Waals surface area contributed by atoms with Crippen LogP contribution in [0.25, 0.3) is 11.1 Å². The first-order chi connectivity index (χ1) is 8.18. The molecule has 88 valence electrons. The smallest absolute Gasteiger partial charge is 0.222 e. The number of thiol groups is 1. The van der Waals surface area contributed by atoms with Crippen molar-refractivity contribution in [1.29, 1.82) is 0 Å². The van der Waals surface area contributed by atoms with Gasteiger partial charge in [0.1, 0.15) is 0 Å². The van der Waals surface area contributed by atoms with Gasteiger partial charge in [0.05, 0.1) is 5.69 Å². The lowest BCUT2D eigenvalue weighted by Crippen LogP contribution is -2.00. The minimum absolute atomic E-state index is 0.493. The second-order valence-electron chi connectivity index (χ2n) is 3.50. The van der Waals surface area contributed by atoms with Crippen LogP contribution in [-0.2, 0) is 10.9 Å². The molecule has 0 aromatic heterocycles. The Balaban J connectivity index is 2.59. The molecular formula is C12H12N2O2S. The molecule has 0 heterocycles. The highest BCUT2D eigenvalue weighted by molar-refractivity contribution is 7.73. The van der Waals surface area contributed by atoms with Gasteiger partial charge < -0.3 is 5.73 Å². The second kappa shape index (κ2) is 4.88. The first-order valence-corrected chi connectivity index (χ1v) is 6.21. The third-order valence-corrected chi connectivity index (χ3v) is 2.79. The number of rotatable bonds is 3. The van der Waals surface area contributed by atoms with Crippen molar-refractivity contribution in [2.45, 2.75) is 0 Å². The van der Waals surface area contributed by atoms with E-state index >= 15 is 0 Å². The molecule has 0 saturated heterocycles. The van der Waals surface area contributed by atoms with Crippen LogP contribution < -0.4 is 10.5 Å². The van der Waals surface area contributed by atoms with Gasteiger partial charge >= 0.3 is 0 Å². The SMILES string of the molecule is Nc1cccc(N[SH](=O)=O)c1-c1ccccc1. The van der Waals surface area contributed by atoms with Crippen molar-refractivity contribution in [3.8, 4) is 11.1 Å². The number of hydrogen-bond donors (Lipinski definition) is 3. The number of nitrogens with one attached hydrogen (secondary N) is 1. The molecule has 2 aromatic carbocycles. The Hall–Kier alpha value is -2.01. The Morgan fingerprint density at radius 1 is 0.941 bits per heavy atom. The highest BCUT2D eigenvalue weighted by Gasteiger charge is 2.08. The zero-order chi connectivity index (χ0) is 12.3. The lowest BCUT2D eigenvalue weighted by Gasteiger charge is -2.11. The fourth-order valence-electron chi connectivity index (χ4n) is 1.69. The van der Waals surface area contributed by atoms with E-state index < -0.39 is 10.9 Å². The van der Waals surface area contributed by atoms with Gasteiger partial charge in [-0.2, -0.15) is 0 Å². The Kier molecular flexibility index (Phi) is 3.30. The molecule has 0 aliphatic carbocycles. The summed E-state index contributed by atoms with van der Waals surface area (Å²) in [7, 11) is -2.70. The standard InChI is InChI=1S/C12H12N2O2S/c13-10-7-4-8-11(14-17(15)16)12(10)9-5-2-1-3-6-9/h1-8,17H,13H2,(H,14,15,16). The van der Waals surface area contributed by atoms with Gasteiger partial charge in [0.25, 0.3) is 0 Å². The van der Waals surface area contributed by atoms with Gasteiger partial charge in [0.2, 0.25) is 10.9 Å². The fraction of sp³-hybridized carbons (Fsp3) is 0. The molecule has 0 amide bonds. The summed E-state index contributed by atoms with van der Waals surface area (Å²) in [5.74, 6) is 0. The van der Waals surface area contributed by atoms with Crippen molar-refractivity contribution in [2.75, 3.05) is 10.5 Å². The van der Waals surface area contributed by atoms with E-state index in [9.17, 15) is 8.42 Å². The predicted octanol–water partition coefficient (Wildman–Crippen LogP) is 1.87. The van der Waals surface area contributed by atoms with Crippen LogP contribution in [0.3, 0.4) is 0 Å². The normalized spacial score (nSPS) is 10.4. The van der Waals surface area contributed by atoms with Crippen LogP contribution in [0, 0.1) is 0 Å². The lowest BCUT2D eigenvalue weighted by atomic mass is 10.0. The van der Waals surface area contributed by atoms with Crippen molar-refractivity contribution < 1.29 is 8.42 Å². The molecule has 2 aromatic rings. The number of benzene rings is 2. The molecule has 0 atom stereocenters. The maximum Gasteiger partial charge on any atom is 0.222 e. The highest BCUT2D eigenvalue weighted by Crippen LogP contribution is 2.33. The van der Waals surface area contributed by atoms with E-state index in [1.54, 1.807) is 18.2 Å². The summed E-state index contributed by atoms with van der Waals surface area (Å²) in [6.07, 6.45) is 0.